The fourth-order valence-electron chi connectivity index (χ4n) is 3.13. The normalized spacial score (nSPS) is 11.4. The molecule has 0 spiro atoms. The maximum atomic E-state index is 12.3. The molecule has 6 heteroatoms. The van der Waals surface area contributed by atoms with E-state index in [1.807, 2.05) is 62.4 Å². The summed E-state index contributed by atoms with van der Waals surface area (Å²) in [6, 6.07) is 14.6. The Hall–Kier alpha value is -3.15. The van der Waals surface area contributed by atoms with E-state index in [4.69, 9.17) is 4.74 Å². The molecule has 0 bridgehead atoms. The highest BCUT2D eigenvalue weighted by molar-refractivity contribution is 5.94. The summed E-state index contributed by atoms with van der Waals surface area (Å²) in [6.45, 7) is 5.07. The van der Waals surface area contributed by atoms with Crippen molar-refractivity contribution in [3.63, 3.8) is 0 Å². The van der Waals surface area contributed by atoms with Crippen LogP contribution in [0.25, 0.3) is 0 Å². The van der Waals surface area contributed by atoms with E-state index in [1.165, 1.54) is 6.92 Å². The Morgan fingerprint density at radius 1 is 0.931 bits per heavy atom. The van der Waals surface area contributed by atoms with Crippen LogP contribution >= 0.6 is 0 Å². The molecule has 2 N–H and O–H groups in total. The number of hydrogen-bond acceptors (Lipinski definition) is 4. The van der Waals surface area contributed by atoms with Gasteiger partial charge in [0.15, 0.2) is 6.61 Å². The van der Waals surface area contributed by atoms with Crippen molar-refractivity contribution in [2.75, 3.05) is 11.9 Å². The van der Waals surface area contributed by atoms with Gasteiger partial charge in [0.2, 0.25) is 5.91 Å². The van der Waals surface area contributed by atoms with Crippen LogP contribution < -0.4 is 10.6 Å². The number of anilines is 1. The summed E-state index contributed by atoms with van der Waals surface area (Å²) >= 11 is 0. The van der Waals surface area contributed by atoms with Crippen LogP contribution in [0.4, 0.5) is 5.69 Å². The average Bonchev–Trinajstić information content (AvgIpc) is 2.72. The topological polar surface area (TPSA) is 84.5 Å². The van der Waals surface area contributed by atoms with E-state index < -0.39 is 12.0 Å². The largest absolute Gasteiger partial charge is 0.455 e. The third-order valence-corrected chi connectivity index (χ3v) is 4.58. The van der Waals surface area contributed by atoms with Crippen LogP contribution in [-0.4, -0.2) is 24.4 Å². The van der Waals surface area contributed by atoms with Crippen molar-refractivity contribution in [2.45, 2.75) is 46.1 Å². The third-order valence-electron chi connectivity index (χ3n) is 4.58. The van der Waals surface area contributed by atoms with Gasteiger partial charge in [-0.05, 0) is 29.5 Å². The monoisotopic (exact) mass is 396 g/mol. The van der Waals surface area contributed by atoms with E-state index in [-0.39, 0.29) is 24.8 Å². The molecule has 0 aromatic heterocycles. The number of esters is 1. The molecular formula is C23H28N2O4. The predicted molar refractivity (Wildman–Crippen MR) is 112 cm³/mol. The molecule has 29 heavy (non-hydrogen) atoms. The zero-order valence-electron chi connectivity index (χ0n) is 17.2. The molecule has 1 atom stereocenters. The van der Waals surface area contributed by atoms with Gasteiger partial charge >= 0.3 is 5.97 Å². The summed E-state index contributed by atoms with van der Waals surface area (Å²) in [5, 5.41) is 5.61. The molecule has 0 unspecified atom stereocenters. The number of amides is 2. The van der Waals surface area contributed by atoms with Crippen LogP contribution in [-0.2, 0) is 32.0 Å². The molecule has 0 aliphatic heterocycles. The summed E-state index contributed by atoms with van der Waals surface area (Å²) in [5.41, 5.74) is 3.67. The number of carbonyl (C=O) groups is 3. The first-order valence-electron chi connectivity index (χ1n) is 9.82. The van der Waals surface area contributed by atoms with Gasteiger partial charge in [0.1, 0.15) is 0 Å². The van der Waals surface area contributed by atoms with Gasteiger partial charge in [-0.25, -0.2) is 0 Å². The molecule has 0 fully saturated rings. The van der Waals surface area contributed by atoms with Gasteiger partial charge in [0.25, 0.3) is 5.91 Å². The lowest BCUT2D eigenvalue weighted by Gasteiger charge is -2.18. The fraction of sp³-hybridized carbons (Fsp3) is 0.348. The summed E-state index contributed by atoms with van der Waals surface area (Å²) in [7, 11) is 0. The van der Waals surface area contributed by atoms with Gasteiger partial charge in [-0.3, -0.25) is 14.4 Å². The van der Waals surface area contributed by atoms with Gasteiger partial charge in [0.05, 0.1) is 12.5 Å². The number of aryl methyl sites for hydroxylation is 2. The van der Waals surface area contributed by atoms with Crippen LogP contribution in [0.3, 0.4) is 0 Å². The van der Waals surface area contributed by atoms with Crippen LogP contribution in [0.15, 0.2) is 48.5 Å². The first kappa shape index (κ1) is 22.1. The fourth-order valence-corrected chi connectivity index (χ4v) is 3.13. The zero-order chi connectivity index (χ0) is 21.2. The molecule has 0 radical (unpaired) electrons. The molecule has 2 aromatic carbocycles. The summed E-state index contributed by atoms with van der Waals surface area (Å²) in [4.78, 5) is 36.1. The second kappa shape index (κ2) is 11.0. The van der Waals surface area contributed by atoms with E-state index in [1.54, 1.807) is 0 Å². The lowest BCUT2D eigenvalue weighted by atomic mass is 10.0. The minimum atomic E-state index is -0.553. The molecule has 0 saturated heterocycles. The molecule has 0 heterocycles. The Labute approximate surface area is 171 Å². The predicted octanol–water partition coefficient (Wildman–Crippen LogP) is 3.56. The number of nitrogens with one attached hydrogen (secondary N) is 2. The van der Waals surface area contributed by atoms with Gasteiger partial charge in [-0.1, -0.05) is 62.4 Å². The Bertz CT molecular complexity index is 827. The Kier molecular flexibility index (Phi) is 8.40. The number of ether oxygens (including phenoxy) is 1. The SMILES string of the molecule is CCc1cccc(CC)c1NC(=O)COC(=O)C[C@H](NC(C)=O)c1ccccc1. The lowest BCUT2D eigenvalue weighted by molar-refractivity contribution is -0.148. The van der Waals surface area contributed by atoms with E-state index in [0.29, 0.717) is 0 Å². The van der Waals surface area contributed by atoms with Gasteiger partial charge in [0, 0.05) is 12.6 Å². The van der Waals surface area contributed by atoms with E-state index >= 15 is 0 Å². The third kappa shape index (κ3) is 6.75. The second-order valence-corrected chi connectivity index (χ2v) is 6.74. The first-order chi connectivity index (χ1) is 13.9. The smallest absolute Gasteiger partial charge is 0.308 e. The summed E-state index contributed by atoms with van der Waals surface area (Å²) in [6.07, 6.45) is 1.53. The Balaban J connectivity index is 1.96. The molecule has 0 saturated carbocycles. The van der Waals surface area contributed by atoms with Crippen molar-refractivity contribution in [3.05, 3.63) is 65.2 Å². The molecule has 154 valence electrons. The second-order valence-electron chi connectivity index (χ2n) is 6.74. The molecular weight excluding hydrogens is 368 g/mol. The highest BCUT2D eigenvalue weighted by Crippen LogP contribution is 2.22. The molecule has 0 aliphatic carbocycles. The van der Waals surface area contributed by atoms with E-state index in [0.717, 1.165) is 35.2 Å². The van der Waals surface area contributed by atoms with Crippen molar-refractivity contribution >= 4 is 23.5 Å². The van der Waals surface area contributed by atoms with Crippen molar-refractivity contribution in [2.24, 2.45) is 0 Å². The molecule has 2 aromatic rings. The van der Waals surface area contributed by atoms with E-state index in [2.05, 4.69) is 10.6 Å². The Morgan fingerprint density at radius 3 is 2.10 bits per heavy atom. The maximum absolute atomic E-state index is 12.3. The molecule has 0 aliphatic rings. The number of benzene rings is 2. The summed E-state index contributed by atoms with van der Waals surface area (Å²) < 4.78 is 5.15. The number of carbonyl (C=O) groups excluding carboxylic acids is 3. The van der Waals surface area contributed by atoms with Crippen molar-refractivity contribution in [1.82, 2.24) is 5.32 Å². The highest BCUT2D eigenvalue weighted by Gasteiger charge is 2.19. The average molecular weight is 396 g/mol. The minimum Gasteiger partial charge on any atom is -0.455 e. The quantitative estimate of drug-likeness (QED) is 0.635. The van der Waals surface area contributed by atoms with Crippen molar-refractivity contribution < 1.29 is 19.1 Å². The number of para-hydroxylation sites is 1. The Morgan fingerprint density at radius 2 is 1.55 bits per heavy atom. The first-order valence-corrected chi connectivity index (χ1v) is 9.82. The molecule has 6 nitrogen and oxygen atoms in total. The van der Waals surface area contributed by atoms with Crippen LogP contribution in [0.2, 0.25) is 0 Å². The van der Waals surface area contributed by atoms with Gasteiger partial charge in [-0.2, -0.15) is 0 Å². The van der Waals surface area contributed by atoms with Crippen LogP contribution in [0, 0.1) is 0 Å². The van der Waals surface area contributed by atoms with Crippen molar-refractivity contribution in [1.29, 1.82) is 0 Å². The number of hydrogen-bond donors (Lipinski definition) is 2. The standard InChI is InChI=1S/C23H28N2O4/c1-4-17-12-9-13-18(5-2)23(17)25-21(27)15-29-22(28)14-20(24-16(3)26)19-10-7-6-8-11-19/h6-13,20H,4-5,14-15H2,1-3H3,(H,24,26)(H,25,27)/t20-/m0/s1. The van der Waals surface area contributed by atoms with Crippen molar-refractivity contribution in [3.8, 4) is 0 Å². The van der Waals surface area contributed by atoms with Crippen LogP contribution in [0.5, 0.6) is 0 Å². The molecule has 2 rings (SSSR count). The highest BCUT2D eigenvalue weighted by atomic mass is 16.5. The summed E-state index contributed by atoms with van der Waals surface area (Å²) in [5.74, 6) is -1.18. The lowest BCUT2D eigenvalue weighted by Crippen LogP contribution is -2.29. The molecule has 2 amide bonds. The maximum Gasteiger partial charge on any atom is 0.308 e. The van der Waals surface area contributed by atoms with Gasteiger partial charge < -0.3 is 15.4 Å². The minimum absolute atomic E-state index is 0.0529. The van der Waals surface area contributed by atoms with Gasteiger partial charge in [-0.15, -0.1) is 0 Å². The van der Waals surface area contributed by atoms with E-state index in [9.17, 15) is 14.4 Å². The zero-order valence-corrected chi connectivity index (χ0v) is 17.2. The van der Waals surface area contributed by atoms with Crippen LogP contribution in [0.1, 0.15) is 49.9 Å². The number of rotatable bonds is 9.